The van der Waals surface area contributed by atoms with Crippen LogP contribution in [-0.2, 0) is 0 Å². The van der Waals surface area contributed by atoms with Crippen LogP contribution in [0.15, 0.2) is 34.7 Å². The Morgan fingerprint density at radius 2 is 1.78 bits per heavy atom. The highest BCUT2D eigenvalue weighted by molar-refractivity contribution is 5.60. The predicted octanol–water partition coefficient (Wildman–Crippen LogP) is 4.70. The molecular formula is C16H19NO. The van der Waals surface area contributed by atoms with Gasteiger partial charge >= 0.3 is 0 Å². The van der Waals surface area contributed by atoms with Gasteiger partial charge in [-0.05, 0) is 12.8 Å². The molecule has 1 aliphatic carbocycles. The molecule has 0 aliphatic heterocycles. The van der Waals surface area contributed by atoms with Crippen molar-refractivity contribution in [3.63, 3.8) is 0 Å². The molecule has 0 atom stereocenters. The largest absolute Gasteiger partial charge is 0.441 e. The van der Waals surface area contributed by atoms with E-state index in [0.29, 0.717) is 5.92 Å². The van der Waals surface area contributed by atoms with E-state index in [9.17, 15) is 0 Å². The zero-order valence-electron chi connectivity index (χ0n) is 10.9. The van der Waals surface area contributed by atoms with Gasteiger partial charge in [0.15, 0.2) is 11.7 Å². The van der Waals surface area contributed by atoms with Crippen molar-refractivity contribution in [2.24, 2.45) is 0 Å². The van der Waals surface area contributed by atoms with E-state index in [1.807, 2.05) is 13.0 Å². The second kappa shape index (κ2) is 4.97. The lowest BCUT2D eigenvalue weighted by molar-refractivity contribution is 0.437. The summed E-state index contributed by atoms with van der Waals surface area (Å²) in [6.45, 7) is 1.94. The van der Waals surface area contributed by atoms with Gasteiger partial charge in [-0.15, -0.1) is 0 Å². The Morgan fingerprint density at radius 3 is 2.50 bits per heavy atom. The van der Waals surface area contributed by atoms with E-state index >= 15 is 0 Å². The first kappa shape index (κ1) is 11.5. The van der Waals surface area contributed by atoms with Crippen molar-refractivity contribution in [2.75, 3.05) is 0 Å². The molecule has 0 radical (unpaired) electrons. The third kappa shape index (κ3) is 2.20. The third-order valence-electron chi connectivity index (χ3n) is 3.79. The summed E-state index contributed by atoms with van der Waals surface area (Å²) in [7, 11) is 0. The highest BCUT2D eigenvalue weighted by atomic mass is 16.4. The molecule has 0 spiro atoms. The Kier molecular flexibility index (Phi) is 3.18. The van der Waals surface area contributed by atoms with Gasteiger partial charge in [0.1, 0.15) is 0 Å². The Balaban J connectivity index is 1.99. The summed E-state index contributed by atoms with van der Waals surface area (Å²) in [6, 6.07) is 10.3. The fraction of sp³-hybridized carbons (Fsp3) is 0.438. The van der Waals surface area contributed by atoms with E-state index in [2.05, 4.69) is 29.2 Å². The third-order valence-corrected chi connectivity index (χ3v) is 3.79. The zero-order chi connectivity index (χ0) is 12.4. The van der Waals surface area contributed by atoms with E-state index in [1.54, 1.807) is 0 Å². The molecule has 2 nitrogen and oxygen atoms in total. The fourth-order valence-electron chi connectivity index (χ4n) is 2.89. The van der Waals surface area contributed by atoms with Gasteiger partial charge in [0.25, 0.3) is 0 Å². The highest BCUT2D eigenvalue weighted by Gasteiger charge is 2.23. The molecular weight excluding hydrogens is 222 g/mol. The van der Waals surface area contributed by atoms with Gasteiger partial charge in [0, 0.05) is 18.4 Å². The Bertz CT molecular complexity index is 509. The van der Waals surface area contributed by atoms with Crippen molar-refractivity contribution in [3.05, 3.63) is 41.9 Å². The minimum atomic E-state index is 0.589. The summed E-state index contributed by atoms with van der Waals surface area (Å²) in [5.41, 5.74) is 2.33. The summed E-state index contributed by atoms with van der Waals surface area (Å²) in [6.07, 6.45) is 6.53. The van der Waals surface area contributed by atoms with Gasteiger partial charge < -0.3 is 4.42 Å². The van der Waals surface area contributed by atoms with E-state index < -0.39 is 0 Å². The molecule has 0 unspecified atom stereocenters. The van der Waals surface area contributed by atoms with Crippen molar-refractivity contribution >= 4 is 0 Å². The molecule has 1 aromatic heterocycles. The SMILES string of the molecule is Cc1nc(C2CCCCC2)c(-c2ccccc2)o1. The number of aromatic nitrogens is 1. The van der Waals surface area contributed by atoms with Crippen molar-refractivity contribution in [1.82, 2.24) is 4.98 Å². The summed E-state index contributed by atoms with van der Waals surface area (Å²) in [4.78, 5) is 4.64. The summed E-state index contributed by atoms with van der Waals surface area (Å²) >= 11 is 0. The number of hydrogen-bond acceptors (Lipinski definition) is 2. The maximum Gasteiger partial charge on any atom is 0.192 e. The second-order valence-electron chi connectivity index (χ2n) is 5.15. The first-order chi connectivity index (χ1) is 8.84. The average molecular weight is 241 g/mol. The Hall–Kier alpha value is -1.57. The first-order valence-electron chi connectivity index (χ1n) is 6.87. The second-order valence-corrected chi connectivity index (χ2v) is 5.15. The zero-order valence-corrected chi connectivity index (χ0v) is 10.9. The van der Waals surface area contributed by atoms with Gasteiger partial charge in [0.2, 0.25) is 0 Å². The Labute approximate surface area is 108 Å². The molecule has 3 rings (SSSR count). The standard InChI is InChI=1S/C16H19NO/c1-12-17-15(13-8-4-2-5-9-13)16(18-12)14-10-6-3-7-11-14/h3,6-7,10-11,13H,2,4-5,8-9H2,1H3. The van der Waals surface area contributed by atoms with Crippen LogP contribution in [0.4, 0.5) is 0 Å². The molecule has 0 saturated heterocycles. The van der Waals surface area contributed by atoms with Crippen LogP contribution in [0.5, 0.6) is 0 Å². The fourth-order valence-corrected chi connectivity index (χ4v) is 2.89. The molecule has 1 heterocycles. The van der Waals surface area contributed by atoms with Crippen LogP contribution in [-0.4, -0.2) is 4.98 Å². The molecule has 2 heteroatoms. The van der Waals surface area contributed by atoms with Gasteiger partial charge in [-0.25, -0.2) is 4.98 Å². The maximum atomic E-state index is 5.84. The normalized spacial score (nSPS) is 16.9. The number of hydrogen-bond donors (Lipinski definition) is 0. The predicted molar refractivity (Wildman–Crippen MR) is 72.5 cm³/mol. The first-order valence-corrected chi connectivity index (χ1v) is 6.87. The van der Waals surface area contributed by atoms with Gasteiger partial charge in [-0.2, -0.15) is 0 Å². The van der Waals surface area contributed by atoms with Crippen LogP contribution in [0.2, 0.25) is 0 Å². The lowest BCUT2D eigenvalue weighted by Crippen LogP contribution is -2.06. The smallest absolute Gasteiger partial charge is 0.192 e. The summed E-state index contributed by atoms with van der Waals surface area (Å²) in [5.74, 6) is 2.36. The van der Waals surface area contributed by atoms with Gasteiger partial charge in [-0.3, -0.25) is 0 Å². The van der Waals surface area contributed by atoms with Crippen LogP contribution in [0.3, 0.4) is 0 Å². The quantitative estimate of drug-likeness (QED) is 0.761. The molecule has 94 valence electrons. The monoisotopic (exact) mass is 241 g/mol. The molecule has 0 bridgehead atoms. The lowest BCUT2D eigenvalue weighted by Gasteiger charge is -2.20. The number of rotatable bonds is 2. The van der Waals surface area contributed by atoms with Crippen LogP contribution in [0.25, 0.3) is 11.3 Å². The minimum absolute atomic E-state index is 0.589. The van der Waals surface area contributed by atoms with E-state index in [-0.39, 0.29) is 0 Å². The van der Waals surface area contributed by atoms with Crippen LogP contribution < -0.4 is 0 Å². The summed E-state index contributed by atoms with van der Waals surface area (Å²) < 4.78 is 5.84. The number of benzene rings is 1. The summed E-state index contributed by atoms with van der Waals surface area (Å²) in [5, 5.41) is 0. The van der Waals surface area contributed by atoms with Crippen molar-refractivity contribution in [1.29, 1.82) is 0 Å². The lowest BCUT2D eigenvalue weighted by atomic mass is 9.85. The van der Waals surface area contributed by atoms with E-state index in [0.717, 1.165) is 17.2 Å². The van der Waals surface area contributed by atoms with Crippen molar-refractivity contribution in [2.45, 2.75) is 44.9 Å². The molecule has 18 heavy (non-hydrogen) atoms. The van der Waals surface area contributed by atoms with Gasteiger partial charge in [-0.1, -0.05) is 49.6 Å². The molecule has 1 fully saturated rings. The van der Waals surface area contributed by atoms with E-state index in [1.165, 1.54) is 37.8 Å². The molecule has 1 saturated carbocycles. The average Bonchev–Trinajstić information content (AvgIpc) is 2.83. The Morgan fingerprint density at radius 1 is 1.06 bits per heavy atom. The van der Waals surface area contributed by atoms with Crippen molar-refractivity contribution in [3.8, 4) is 11.3 Å². The molecule has 0 amide bonds. The topological polar surface area (TPSA) is 26.0 Å². The highest BCUT2D eigenvalue weighted by Crippen LogP contribution is 2.37. The van der Waals surface area contributed by atoms with Gasteiger partial charge in [0.05, 0.1) is 5.69 Å². The van der Waals surface area contributed by atoms with Crippen LogP contribution in [0, 0.1) is 6.92 Å². The number of oxazole rings is 1. The van der Waals surface area contributed by atoms with Crippen molar-refractivity contribution < 1.29 is 4.42 Å². The minimum Gasteiger partial charge on any atom is -0.441 e. The molecule has 0 N–H and O–H groups in total. The maximum absolute atomic E-state index is 5.84. The molecule has 2 aromatic rings. The van der Waals surface area contributed by atoms with Crippen LogP contribution >= 0.6 is 0 Å². The number of aryl methyl sites for hydroxylation is 1. The van der Waals surface area contributed by atoms with E-state index in [4.69, 9.17) is 4.42 Å². The molecule has 1 aromatic carbocycles. The number of nitrogens with zero attached hydrogens (tertiary/aromatic N) is 1. The molecule has 1 aliphatic rings. The van der Waals surface area contributed by atoms with Crippen LogP contribution in [0.1, 0.15) is 49.6 Å².